The molecule has 98 valence electrons. The van der Waals surface area contributed by atoms with Crippen molar-refractivity contribution in [1.29, 1.82) is 0 Å². The second-order valence-corrected chi connectivity index (χ2v) is 3.84. The Labute approximate surface area is 104 Å². The first-order valence-electron chi connectivity index (χ1n) is 5.49. The lowest BCUT2D eigenvalue weighted by Gasteiger charge is -2.11. The van der Waals surface area contributed by atoms with E-state index in [4.69, 9.17) is 5.73 Å². The van der Waals surface area contributed by atoms with Crippen LogP contribution in [0.1, 0.15) is 19.8 Å². The van der Waals surface area contributed by atoms with Crippen molar-refractivity contribution in [2.45, 2.75) is 25.8 Å². The lowest BCUT2D eigenvalue weighted by atomic mass is 10.1. The zero-order chi connectivity index (χ0) is 13.7. The molecule has 0 radical (unpaired) electrons. The zero-order valence-corrected chi connectivity index (χ0v) is 9.92. The van der Waals surface area contributed by atoms with Crippen LogP contribution in [-0.4, -0.2) is 22.0 Å². The molecule has 0 aliphatic rings. The van der Waals surface area contributed by atoms with Gasteiger partial charge in [0.25, 0.3) is 5.69 Å². The molecule has 1 aromatic rings. The number of benzene rings is 1. The zero-order valence-electron chi connectivity index (χ0n) is 9.92. The number of phenols is 1. The van der Waals surface area contributed by atoms with Gasteiger partial charge in [-0.2, -0.15) is 0 Å². The third-order valence-electron chi connectivity index (χ3n) is 2.39. The van der Waals surface area contributed by atoms with Gasteiger partial charge in [-0.25, -0.2) is 0 Å². The second-order valence-electron chi connectivity index (χ2n) is 3.84. The fourth-order valence-corrected chi connectivity index (χ4v) is 1.41. The van der Waals surface area contributed by atoms with Crippen LogP contribution in [0.25, 0.3) is 0 Å². The number of nitrogens with zero attached hydrogens (tertiary/aromatic N) is 1. The average Bonchev–Trinajstić information content (AvgIpc) is 2.31. The highest BCUT2D eigenvalue weighted by atomic mass is 16.6. The van der Waals surface area contributed by atoms with Crippen LogP contribution >= 0.6 is 0 Å². The average molecular weight is 253 g/mol. The summed E-state index contributed by atoms with van der Waals surface area (Å²) in [7, 11) is 0. The summed E-state index contributed by atoms with van der Waals surface area (Å²) in [6.07, 6.45) is 1.29. The number of carbonyl (C=O) groups excluding carboxylic acids is 1. The number of aromatic hydroxyl groups is 1. The summed E-state index contributed by atoms with van der Waals surface area (Å²) in [4.78, 5) is 21.4. The van der Waals surface area contributed by atoms with Crippen molar-refractivity contribution in [3.63, 3.8) is 0 Å². The SMILES string of the molecule is CCCC(N)C(=O)Nc1ccc([N+](=O)[O-])cc1O. The molecular weight excluding hydrogens is 238 g/mol. The molecule has 1 amide bonds. The van der Waals surface area contributed by atoms with Gasteiger partial charge in [-0.05, 0) is 12.5 Å². The lowest BCUT2D eigenvalue weighted by Crippen LogP contribution is -2.35. The van der Waals surface area contributed by atoms with Crippen molar-refractivity contribution < 1.29 is 14.8 Å². The Balaban J connectivity index is 2.79. The molecule has 0 aromatic heterocycles. The normalized spacial score (nSPS) is 11.9. The first kappa shape index (κ1) is 13.9. The molecule has 0 heterocycles. The molecule has 7 nitrogen and oxygen atoms in total. The highest BCUT2D eigenvalue weighted by Crippen LogP contribution is 2.27. The minimum absolute atomic E-state index is 0.108. The molecule has 0 spiro atoms. The number of rotatable bonds is 5. The Hall–Kier alpha value is -2.15. The van der Waals surface area contributed by atoms with Crippen LogP contribution in [0, 0.1) is 10.1 Å². The van der Waals surface area contributed by atoms with E-state index in [1.807, 2.05) is 6.92 Å². The van der Waals surface area contributed by atoms with E-state index >= 15 is 0 Å². The van der Waals surface area contributed by atoms with Crippen LogP contribution in [-0.2, 0) is 4.79 Å². The number of carbonyl (C=O) groups is 1. The number of nitrogens with one attached hydrogen (secondary N) is 1. The monoisotopic (exact) mass is 253 g/mol. The van der Waals surface area contributed by atoms with E-state index in [-0.39, 0.29) is 17.1 Å². The molecule has 0 saturated heterocycles. The fraction of sp³-hybridized carbons (Fsp3) is 0.364. The van der Waals surface area contributed by atoms with Gasteiger partial charge in [0.1, 0.15) is 5.75 Å². The quantitative estimate of drug-likeness (QED) is 0.416. The molecule has 1 rings (SSSR count). The van der Waals surface area contributed by atoms with Crippen LogP contribution in [0.5, 0.6) is 5.75 Å². The molecule has 0 aliphatic heterocycles. The number of nitrogens with two attached hydrogens (primary N) is 1. The Morgan fingerprint density at radius 3 is 2.78 bits per heavy atom. The minimum Gasteiger partial charge on any atom is -0.506 e. The molecule has 0 aliphatic carbocycles. The molecule has 18 heavy (non-hydrogen) atoms. The maximum atomic E-state index is 11.6. The minimum atomic E-state index is -0.662. The van der Waals surface area contributed by atoms with Crippen molar-refractivity contribution >= 4 is 17.3 Å². The van der Waals surface area contributed by atoms with Crippen LogP contribution in [0.4, 0.5) is 11.4 Å². The van der Waals surface area contributed by atoms with E-state index in [2.05, 4.69) is 5.32 Å². The number of hydrogen-bond donors (Lipinski definition) is 3. The lowest BCUT2D eigenvalue weighted by molar-refractivity contribution is -0.384. The van der Waals surface area contributed by atoms with Crippen molar-refractivity contribution in [2.24, 2.45) is 5.73 Å². The number of nitro benzene ring substituents is 1. The van der Waals surface area contributed by atoms with Crippen LogP contribution in [0.2, 0.25) is 0 Å². The van der Waals surface area contributed by atoms with E-state index in [0.717, 1.165) is 12.5 Å². The van der Waals surface area contributed by atoms with Gasteiger partial charge in [-0.3, -0.25) is 14.9 Å². The second kappa shape index (κ2) is 5.97. The Morgan fingerprint density at radius 1 is 1.61 bits per heavy atom. The summed E-state index contributed by atoms with van der Waals surface area (Å²) in [6, 6.07) is 2.77. The predicted octanol–water partition coefficient (Wildman–Crippen LogP) is 1.37. The van der Waals surface area contributed by atoms with Crippen molar-refractivity contribution in [2.75, 3.05) is 5.32 Å². The highest BCUT2D eigenvalue weighted by Gasteiger charge is 2.16. The number of hydrogen-bond acceptors (Lipinski definition) is 5. The van der Waals surface area contributed by atoms with E-state index in [1.54, 1.807) is 0 Å². The van der Waals surface area contributed by atoms with Crippen molar-refractivity contribution in [1.82, 2.24) is 0 Å². The van der Waals surface area contributed by atoms with E-state index in [1.165, 1.54) is 12.1 Å². The van der Waals surface area contributed by atoms with Crippen LogP contribution in [0.15, 0.2) is 18.2 Å². The van der Waals surface area contributed by atoms with Gasteiger partial charge in [-0.15, -0.1) is 0 Å². The van der Waals surface area contributed by atoms with Gasteiger partial charge in [0.15, 0.2) is 0 Å². The molecule has 1 atom stereocenters. The number of amides is 1. The summed E-state index contributed by atoms with van der Waals surface area (Å²) in [5.74, 6) is -0.790. The first-order valence-corrected chi connectivity index (χ1v) is 5.49. The molecule has 0 saturated carbocycles. The van der Waals surface area contributed by atoms with E-state index in [9.17, 15) is 20.0 Å². The third-order valence-corrected chi connectivity index (χ3v) is 2.39. The number of nitro groups is 1. The number of anilines is 1. The Kier molecular flexibility index (Phi) is 4.61. The molecular formula is C11H15N3O4. The van der Waals surface area contributed by atoms with Gasteiger partial charge < -0.3 is 16.2 Å². The van der Waals surface area contributed by atoms with Gasteiger partial charge >= 0.3 is 0 Å². The molecule has 0 bridgehead atoms. The first-order chi connectivity index (χ1) is 8.45. The number of non-ortho nitro benzene ring substituents is 1. The summed E-state index contributed by atoms with van der Waals surface area (Å²) in [5.41, 5.74) is 5.46. The van der Waals surface area contributed by atoms with Gasteiger partial charge in [-0.1, -0.05) is 13.3 Å². The van der Waals surface area contributed by atoms with Crippen LogP contribution < -0.4 is 11.1 Å². The third kappa shape index (κ3) is 3.42. The Morgan fingerprint density at radius 2 is 2.28 bits per heavy atom. The fourth-order valence-electron chi connectivity index (χ4n) is 1.41. The van der Waals surface area contributed by atoms with Gasteiger partial charge in [0, 0.05) is 6.07 Å². The largest absolute Gasteiger partial charge is 0.506 e. The summed E-state index contributed by atoms with van der Waals surface area (Å²) in [5, 5.41) is 22.4. The van der Waals surface area contributed by atoms with Crippen LogP contribution in [0.3, 0.4) is 0 Å². The highest BCUT2D eigenvalue weighted by molar-refractivity contribution is 5.96. The molecule has 7 heteroatoms. The maximum Gasteiger partial charge on any atom is 0.273 e. The summed E-state index contributed by atoms with van der Waals surface area (Å²) < 4.78 is 0. The smallest absolute Gasteiger partial charge is 0.273 e. The number of phenolic OH excluding ortho intramolecular Hbond substituents is 1. The van der Waals surface area contributed by atoms with E-state index in [0.29, 0.717) is 6.42 Å². The standard InChI is InChI=1S/C11H15N3O4/c1-2-3-8(12)11(16)13-9-5-4-7(14(17)18)6-10(9)15/h4-6,8,15H,2-3,12H2,1H3,(H,13,16). The maximum absolute atomic E-state index is 11.6. The molecule has 4 N–H and O–H groups in total. The van der Waals surface area contributed by atoms with Gasteiger partial charge in [0.05, 0.1) is 22.7 Å². The predicted molar refractivity (Wildman–Crippen MR) is 66.3 cm³/mol. The molecule has 1 aromatic carbocycles. The summed E-state index contributed by atoms with van der Waals surface area (Å²) in [6.45, 7) is 1.90. The Bertz CT molecular complexity index is 462. The summed E-state index contributed by atoms with van der Waals surface area (Å²) >= 11 is 0. The molecule has 1 unspecified atom stereocenters. The molecule has 0 fully saturated rings. The van der Waals surface area contributed by atoms with Crippen molar-refractivity contribution in [3.05, 3.63) is 28.3 Å². The van der Waals surface area contributed by atoms with E-state index < -0.39 is 16.9 Å². The van der Waals surface area contributed by atoms with Crippen molar-refractivity contribution in [3.8, 4) is 5.75 Å². The van der Waals surface area contributed by atoms with Gasteiger partial charge in [0.2, 0.25) is 5.91 Å². The topological polar surface area (TPSA) is 118 Å².